The van der Waals surface area contributed by atoms with Crippen molar-refractivity contribution in [2.75, 3.05) is 56.7 Å². The largest absolute Gasteiger partial charge is 0.472 e. The minimum Gasteiger partial charge on any atom is -0.472 e. The van der Waals surface area contributed by atoms with Crippen LogP contribution in [0.25, 0.3) is 11.0 Å². The number of fused-ring (bicyclic) bond motifs is 1. The molecule has 0 radical (unpaired) electrons. The first-order valence-corrected chi connectivity index (χ1v) is 26.4. The van der Waals surface area contributed by atoms with Crippen LogP contribution < -0.4 is 24.4 Å². The van der Waals surface area contributed by atoms with Crippen LogP contribution >= 0.6 is 0 Å². The highest BCUT2D eigenvalue weighted by atomic mass is 32.2. The Morgan fingerprint density at radius 3 is 2.46 bits per heavy atom. The van der Waals surface area contributed by atoms with Crippen molar-refractivity contribution in [1.82, 2.24) is 19.6 Å². The molecule has 2 aliphatic carbocycles. The lowest BCUT2D eigenvalue weighted by molar-refractivity contribution is -0.384. The second-order valence-corrected chi connectivity index (χ2v) is 22.6. The quantitative estimate of drug-likeness (QED) is 0.0507. The molecule has 2 aliphatic heterocycles. The summed E-state index contributed by atoms with van der Waals surface area (Å²) in [4.78, 5) is 37.6. The first-order chi connectivity index (χ1) is 33.9. The number of nitrogens with one attached hydrogen (secondary N) is 3. The third-order valence-corrected chi connectivity index (χ3v) is 16.9. The van der Waals surface area contributed by atoms with E-state index in [4.69, 9.17) is 14.2 Å². The Morgan fingerprint density at radius 1 is 1.00 bits per heavy atom. The number of carbonyl (C=O) groups excluding carboxylic acids is 1. The van der Waals surface area contributed by atoms with E-state index in [-0.39, 0.29) is 63.7 Å². The van der Waals surface area contributed by atoms with Crippen LogP contribution in [0.4, 0.5) is 21.5 Å². The van der Waals surface area contributed by atoms with Gasteiger partial charge < -0.3 is 34.5 Å². The molecule has 4 aliphatic rings. The van der Waals surface area contributed by atoms with Crippen molar-refractivity contribution in [3.63, 3.8) is 0 Å². The third-order valence-electron chi connectivity index (χ3n) is 15.5. The number of aliphatic hydroxyl groups is 1. The molecule has 4 heterocycles. The Balaban J connectivity index is 0.951. The van der Waals surface area contributed by atoms with E-state index < -0.39 is 42.9 Å². The Labute approximate surface area is 414 Å². The van der Waals surface area contributed by atoms with Gasteiger partial charge in [-0.2, -0.15) is 4.98 Å². The van der Waals surface area contributed by atoms with Crippen molar-refractivity contribution >= 4 is 44.0 Å². The van der Waals surface area contributed by atoms with Crippen LogP contribution in [0.3, 0.4) is 0 Å². The number of rotatable bonds is 17. The molecule has 1 unspecified atom stereocenters. The van der Waals surface area contributed by atoms with Gasteiger partial charge in [0, 0.05) is 76.0 Å². The Kier molecular flexibility index (Phi) is 14.4. The molecule has 18 heteroatoms. The highest BCUT2D eigenvalue weighted by molar-refractivity contribution is 7.90. The van der Waals surface area contributed by atoms with E-state index in [1.54, 1.807) is 26.0 Å². The number of nitro benzene ring substituents is 1. The third kappa shape index (κ3) is 10.9. The summed E-state index contributed by atoms with van der Waals surface area (Å²) in [5.41, 5.74) is 2.84. The molecule has 2 aromatic heterocycles. The van der Waals surface area contributed by atoms with Gasteiger partial charge in [0.15, 0.2) is 5.75 Å². The molecule has 2 saturated heterocycles. The number of hydrogen-bond donors (Lipinski definition) is 4. The summed E-state index contributed by atoms with van der Waals surface area (Å²) in [5.74, 6) is -0.564. The van der Waals surface area contributed by atoms with Gasteiger partial charge in [0.2, 0.25) is 0 Å². The molecule has 0 bridgehead atoms. The molecule has 5 aromatic rings. The average molecular weight is 996 g/mol. The molecule has 9 rings (SSSR count). The SMILES string of the molecule is CO[C@H](C)COc1nc2[nH]cc(F)c2cc1Oc1cc(N2CCC3(CC2)CN(C2CCC[C@H]2c2ccccc2C(C)C)C3)ccc1C(=O)NS(=O)(=O)c1ccc(NC[C@H]2CC[C@](C)(O)CC2)c([N+](=O)[O-])c1. The first-order valence-electron chi connectivity index (χ1n) is 25.0. The highest BCUT2D eigenvalue weighted by Crippen LogP contribution is 2.49. The standard InChI is InChI=1S/C53H66FN7O9S/c1-33(2)38-9-6-7-10-39(38)40-11-8-12-45(40)60-31-53(32-60)21-23-59(24-22-53)36-13-15-41(47(25-36)70-48-27-42-43(54)29-56-49(42)57-51(48)69-30-34(3)68-5)50(62)58-71(66,67)37-14-16-44(46(26-37)61(64)65)55-28-35-17-19-52(4,63)20-18-35/h6-7,9-10,13-16,25-27,29,33-35,40,45,55,63H,8,11-12,17-24,28,30-32H2,1-5H3,(H,56,57)(H,58,62)/t34-,35-,40+,45?,52-/m1/s1. The number of carbonyl (C=O) groups is 1. The first kappa shape index (κ1) is 50.1. The number of H-pyrrole nitrogens is 1. The van der Waals surface area contributed by atoms with Gasteiger partial charge in [0.1, 0.15) is 29.5 Å². The maximum atomic E-state index is 15.1. The topological polar surface area (TPSA) is 201 Å². The van der Waals surface area contributed by atoms with Crippen LogP contribution in [0.5, 0.6) is 17.4 Å². The summed E-state index contributed by atoms with van der Waals surface area (Å²) in [7, 11) is -3.15. The van der Waals surface area contributed by atoms with Crippen molar-refractivity contribution in [3.8, 4) is 17.4 Å². The van der Waals surface area contributed by atoms with Gasteiger partial charge in [0.25, 0.3) is 27.5 Å². The predicted octanol–water partition coefficient (Wildman–Crippen LogP) is 9.65. The van der Waals surface area contributed by atoms with Crippen molar-refractivity contribution in [3.05, 3.63) is 106 Å². The summed E-state index contributed by atoms with van der Waals surface area (Å²) in [5, 5.41) is 25.8. The zero-order valence-electron chi connectivity index (χ0n) is 41.2. The lowest BCUT2D eigenvalue weighted by atomic mass is 9.70. The lowest BCUT2D eigenvalue weighted by Crippen LogP contribution is -2.63. The second-order valence-electron chi connectivity index (χ2n) is 20.9. The van der Waals surface area contributed by atoms with Crippen molar-refractivity contribution in [2.24, 2.45) is 11.3 Å². The van der Waals surface area contributed by atoms with E-state index in [1.165, 1.54) is 61.8 Å². The maximum Gasteiger partial charge on any atom is 0.293 e. The van der Waals surface area contributed by atoms with Crippen molar-refractivity contribution in [2.45, 2.75) is 120 Å². The fourth-order valence-electron chi connectivity index (χ4n) is 11.2. The number of aromatic nitrogens is 2. The number of anilines is 2. The number of sulfonamides is 1. The second kappa shape index (κ2) is 20.4. The Bertz CT molecular complexity index is 2870. The number of pyridine rings is 1. The molecular formula is C53H66FN7O9S. The molecule has 1 amide bonds. The summed E-state index contributed by atoms with van der Waals surface area (Å²) >= 11 is 0. The summed E-state index contributed by atoms with van der Waals surface area (Å²) in [6, 6.07) is 19.2. The molecule has 3 aromatic carbocycles. The maximum absolute atomic E-state index is 15.1. The van der Waals surface area contributed by atoms with Gasteiger partial charge in [-0.25, -0.2) is 17.5 Å². The van der Waals surface area contributed by atoms with Crippen LogP contribution in [0.1, 0.15) is 119 Å². The fraction of sp³-hybridized carbons (Fsp3) is 0.509. The van der Waals surface area contributed by atoms with E-state index >= 15 is 4.39 Å². The van der Waals surface area contributed by atoms with Crippen LogP contribution in [0.2, 0.25) is 0 Å². The predicted molar refractivity (Wildman–Crippen MR) is 270 cm³/mol. The van der Waals surface area contributed by atoms with E-state index in [2.05, 4.69) is 67.9 Å². The van der Waals surface area contributed by atoms with Gasteiger partial charge in [-0.15, -0.1) is 0 Å². The molecule has 2 saturated carbocycles. The van der Waals surface area contributed by atoms with Crippen molar-refractivity contribution < 1.29 is 41.8 Å². The summed E-state index contributed by atoms with van der Waals surface area (Å²) in [6.45, 7) is 12.2. The van der Waals surface area contributed by atoms with Crippen LogP contribution in [0.15, 0.2) is 77.8 Å². The number of halogens is 1. The molecule has 3 atom stereocenters. The molecule has 380 valence electrons. The van der Waals surface area contributed by atoms with Crippen LogP contribution in [-0.4, -0.2) is 103 Å². The summed E-state index contributed by atoms with van der Waals surface area (Å²) < 4.78 is 62.9. The number of nitrogens with zero attached hydrogens (tertiary/aromatic N) is 4. The molecule has 1 spiro atoms. The number of amides is 1. The number of ether oxygens (including phenoxy) is 3. The molecule has 16 nitrogen and oxygen atoms in total. The van der Waals surface area contributed by atoms with E-state index in [1.807, 2.05) is 0 Å². The lowest BCUT2D eigenvalue weighted by Gasteiger charge is -2.57. The Hall–Kier alpha value is -5.82. The molecule has 71 heavy (non-hydrogen) atoms. The van der Waals surface area contributed by atoms with Crippen LogP contribution in [-0.2, 0) is 14.8 Å². The molecule has 4 fully saturated rings. The minimum atomic E-state index is -4.69. The number of hydrogen-bond acceptors (Lipinski definition) is 13. The zero-order chi connectivity index (χ0) is 50.2. The summed E-state index contributed by atoms with van der Waals surface area (Å²) in [6.07, 6.45) is 9.09. The van der Waals surface area contributed by atoms with Gasteiger partial charge in [-0.1, -0.05) is 44.5 Å². The number of likely N-dealkylation sites (tertiary alicyclic amines) is 1. The molecule has 4 N–H and O–H groups in total. The van der Waals surface area contributed by atoms with E-state index in [9.17, 15) is 28.4 Å². The van der Waals surface area contributed by atoms with Crippen molar-refractivity contribution in [1.29, 1.82) is 0 Å². The highest BCUT2D eigenvalue weighted by Gasteiger charge is 2.49. The number of methoxy groups -OCH3 is 1. The number of aromatic amines is 1. The van der Waals surface area contributed by atoms with Gasteiger partial charge in [-0.05, 0) is 124 Å². The molecular weight excluding hydrogens is 930 g/mol. The number of nitro groups is 1. The van der Waals surface area contributed by atoms with E-state index in [0.717, 1.165) is 69.8 Å². The monoisotopic (exact) mass is 995 g/mol. The van der Waals surface area contributed by atoms with Crippen LogP contribution in [0, 0.1) is 27.3 Å². The smallest absolute Gasteiger partial charge is 0.293 e. The average Bonchev–Trinajstić information content (AvgIpc) is 3.97. The number of piperidine rings is 1. The van der Waals surface area contributed by atoms with E-state index in [0.29, 0.717) is 37.3 Å². The van der Waals surface area contributed by atoms with Gasteiger partial charge in [-0.3, -0.25) is 19.8 Å². The van der Waals surface area contributed by atoms with Gasteiger partial charge >= 0.3 is 0 Å². The number of benzene rings is 3. The zero-order valence-corrected chi connectivity index (χ0v) is 42.0. The Morgan fingerprint density at radius 2 is 1.75 bits per heavy atom. The normalized spacial score (nSPS) is 22.9. The van der Waals surface area contributed by atoms with Gasteiger partial charge in [0.05, 0.1) is 32.5 Å². The fourth-order valence-corrected chi connectivity index (χ4v) is 12.2. The minimum absolute atomic E-state index is 0.0179.